The van der Waals surface area contributed by atoms with Crippen molar-refractivity contribution in [2.24, 2.45) is 0 Å². The minimum absolute atomic E-state index is 0.274. The first-order valence-electron chi connectivity index (χ1n) is 5.75. The summed E-state index contributed by atoms with van der Waals surface area (Å²) in [6, 6.07) is 10.5. The molecule has 1 aliphatic heterocycles. The van der Waals surface area contributed by atoms with E-state index in [4.69, 9.17) is 0 Å². The molecule has 0 spiro atoms. The van der Waals surface area contributed by atoms with Gasteiger partial charge < -0.3 is 4.90 Å². The van der Waals surface area contributed by atoms with Crippen molar-refractivity contribution in [3.05, 3.63) is 48.6 Å². The molecule has 1 fully saturated rings. The molecule has 2 heteroatoms. The molecule has 1 amide bonds. The Morgan fingerprint density at radius 1 is 1.38 bits per heavy atom. The number of likely N-dealkylation sites (tertiary alicyclic amines) is 1. The van der Waals surface area contributed by atoms with E-state index in [9.17, 15) is 4.79 Å². The van der Waals surface area contributed by atoms with Crippen molar-refractivity contribution in [1.29, 1.82) is 0 Å². The zero-order chi connectivity index (χ0) is 11.4. The summed E-state index contributed by atoms with van der Waals surface area (Å²) in [5.74, 6) is 0.274. The summed E-state index contributed by atoms with van der Waals surface area (Å²) < 4.78 is 0. The van der Waals surface area contributed by atoms with Crippen LogP contribution in [0.25, 0.3) is 0 Å². The third kappa shape index (κ3) is 2.32. The molecular weight excluding hydrogens is 198 g/mol. The number of carbonyl (C=O) groups is 1. The second-order valence-corrected chi connectivity index (χ2v) is 4.22. The predicted octanol–water partition coefficient (Wildman–Crippen LogP) is 2.75. The minimum Gasteiger partial charge on any atom is -0.335 e. The van der Waals surface area contributed by atoms with Gasteiger partial charge in [-0.3, -0.25) is 4.79 Å². The van der Waals surface area contributed by atoms with Crippen LogP contribution in [0.5, 0.6) is 0 Å². The van der Waals surface area contributed by atoms with Crippen molar-refractivity contribution >= 4 is 5.91 Å². The molecule has 84 valence electrons. The van der Waals surface area contributed by atoms with Crippen molar-refractivity contribution in [1.82, 2.24) is 4.90 Å². The van der Waals surface area contributed by atoms with E-state index in [0.29, 0.717) is 12.5 Å². The molecule has 0 aliphatic carbocycles. The first-order chi connectivity index (χ1) is 7.81. The Morgan fingerprint density at radius 3 is 2.81 bits per heavy atom. The first-order valence-corrected chi connectivity index (χ1v) is 5.75. The summed E-state index contributed by atoms with van der Waals surface area (Å²) in [7, 11) is 0. The van der Waals surface area contributed by atoms with Crippen LogP contribution in [-0.2, 0) is 11.3 Å². The largest absolute Gasteiger partial charge is 0.335 e. The lowest BCUT2D eigenvalue weighted by atomic mass is 10.1. The lowest BCUT2D eigenvalue weighted by Crippen LogP contribution is -2.31. The number of carbonyl (C=O) groups excluding carboxylic acids is 1. The molecule has 2 nitrogen and oxygen atoms in total. The van der Waals surface area contributed by atoms with Crippen molar-refractivity contribution in [2.75, 3.05) is 0 Å². The van der Waals surface area contributed by atoms with Crippen molar-refractivity contribution in [3.63, 3.8) is 0 Å². The maximum atomic E-state index is 11.8. The van der Waals surface area contributed by atoms with Crippen molar-refractivity contribution in [3.8, 4) is 0 Å². The van der Waals surface area contributed by atoms with Gasteiger partial charge in [-0.2, -0.15) is 0 Å². The van der Waals surface area contributed by atoms with Gasteiger partial charge in [0.05, 0.1) is 0 Å². The summed E-state index contributed by atoms with van der Waals surface area (Å²) in [6.45, 7) is 4.49. The minimum atomic E-state index is 0.274. The van der Waals surface area contributed by atoms with E-state index in [0.717, 1.165) is 19.4 Å². The van der Waals surface area contributed by atoms with Crippen molar-refractivity contribution < 1.29 is 4.79 Å². The Labute approximate surface area is 96.6 Å². The average Bonchev–Trinajstić information content (AvgIpc) is 2.64. The Bertz CT molecular complexity index is 372. The Hall–Kier alpha value is -1.57. The molecule has 1 unspecified atom stereocenters. The highest BCUT2D eigenvalue weighted by Gasteiger charge is 2.29. The monoisotopic (exact) mass is 215 g/mol. The van der Waals surface area contributed by atoms with Gasteiger partial charge in [-0.05, 0) is 18.4 Å². The van der Waals surface area contributed by atoms with Gasteiger partial charge >= 0.3 is 0 Å². The molecule has 1 heterocycles. The van der Waals surface area contributed by atoms with Crippen LogP contribution in [0.1, 0.15) is 24.8 Å². The highest BCUT2D eigenvalue weighted by Crippen LogP contribution is 2.23. The zero-order valence-electron chi connectivity index (χ0n) is 9.43. The van der Waals surface area contributed by atoms with E-state index in [2.05, 4.69) is 18.7 Å². The van der Waals surface area contributed by atoms with Crippen LogP contribution in [0, 0.1) is 0 Å². The molecular formula is C14H17NO. The van der Waals surface area contributed by atoms with Crippen molar-refractivity contribution in [2.45, 2.75) is 31.8 Å². The van der Waals surface area contributed by atoms with Gasteiger partial charge in [0.2, 0.25) is 5.91 Å². The van der Waals surface area contributed by atoms with Crippen LogP contribution < -0.4 is 0 Å². The van der Waals surface area contributed by atoms with Gasteiger partial charge in [0, 0.05) is 19.0 Å². The number of nitrogens with zero attached hydrogens (tertiary/aromatic N) is 1. The standard InChI is InChI=1S/C14H17NO/c1-2-6-13-9-10-14(16)15(13)11-12-7-4-3-5-8-12/h2-5,7-8,13H,1,6,9-11H2. The molecule has 16 heavy (non-hydrogen) atoms. The van der Waals surface area contributed by atoms with Gasteiger partial charge in [0.15, 0.2) is 0 Å². The summed E-state index contributed by atoms with van der Waals surface area (Å²) in [4.78, 5) is 13.7. The predicted molar refractivity (Wildman–Crippen MR) is 64.8 cm³/mol. The van der Waals surface area contributed by atoms with Crippen LogP contribution in [0.15, 0.2) is 43.0 Å². The normalized spacial score (nSPS) is 20.1. The van der Waals surface area contributed by atoms with Gasteiger partial charge in [-0.15, -0.1) is 6.58 Å². The molecule has 1 aromatic rings. The summed E-state index contributed by atoms with van der Waals surface area (Å²) in [5, 5.41) is 0. The highest BCUT2D eigenvalue weighted by molar-refractivity contribution is 5.78. The van der Waals surface area contributed by atoms with E-state index >= 15 is 0 Å². The van der Waals surface area contributed by atoms with Crippen LogP contribution >= 0.6 is 0 Å². The number of benzene rings is 1. The molecule has 1 aromatic carbocycles. The van der Waals surface area contributed by atoms with E-state index < -0.39 is 0 Å². The molecule has 1 saturated heterocycles. The quantitative estimate of drug-likeness (QED) is 0.707. The molecule has 0 bridgehead atoms. The number of amides is 1. The number of hydrogen-bond acceptors (Lipinski definition) is 1. The lowest BCUT2D eigenvalue weighted by molar-refractivity contribution is -0.129. The zero-order valence-corrected chi connectivity index (χ0v) is 9.43. The maximum Gasteiger partial charge on any atom is 0.223 e. The third-order valence-corrected chi connectivity index (χ3v) is 3.09. The molecule has 0 saturated carbocycles. The fraction of sp³-hybridized carbons (Fsp3) is 0.357. The fourth-order valence-corrected chi connectivity index (χ4v) is 2.23. The Balaban J connectivity index is 2.07. The molecule has 0 radical (unpaired) electrons. The van der Waals surface area contributed by atoms with Crippen LogP contribution in [-0.4, -0.2) is 16.8 Å². The lowest BCUT2D eigenvalue weighted by Gasteiger charge is -2.23. The second-order valence-electron chi connectivity index (χ2n) is 4.22. The first kappa shape index (κ1) is 10.9. The average molecular weight is 215 g/mol. The Kier molecular flexibility index (Phi) is 3.40. The molecule has 2 rings (SSSR count). The van der Waals surface area contributed by atoms with E-state index in [1.54, 1.807) is 0 Å². The maximum absolute atomic E-state index is 11.8. The van der Waals surface area contributed by atoms with Gasteiger partial charge in [-0.25, -0.2) is 0 Å². The Morgan fingerprint density at radius 2 is 2.12 bits per heavy atom. The smallest absolute Gasteiger partial charge is 0.223 e. The van der Waals surface area contributed by atoms with Gasteiger partial charge in [0.25, 0.3) is 0 Å². The topological polar surface area (TPSA) is 20.3 Å². The van der Waals surface area contributed by atoms with Crippen LogP contribution in [0.4, 0.5) is 0 Å². The SMILES string of the molecule is C=CCC1CCC(=O)N1Cc1ccccc1. The second kappa shape index (κ2) is 4.97. The molecule has 1 atom stereocenters. The van der Waals surface area contributed by atoms with Gasteiger partial charge in [-0.1, -0.05) is 36.4 Å². The molecule has 0 N–H and O–H groups in total. The molecule has 1 aliphatic rings. The summed E-state index contributed by atoms with van der Waals surface area (Å²) in [6.07, 6.45) is 4.46. The van der Waals surface area contributed by atoms with E-state index in [1.165, 1.54) is 5.56 Å². The third-order valence-electron chi connectivity index (χ3n) is 3.09. The fourth-order valence-electron chi connectivity index (χ4n) is 2.23. The number of hydrogen-bond donors (Lipinski definition) is 0. The molecule has 0 aromatic heterocycles. The summed E-state index contributed by atoms with van der Waals surface area (Å²) in [5.41, 5.74) is 1.20. The number of rotatable bonds is 4. The van der Waals surface area contributed by atoms with Crippen LogP contribution in [0.3, 0.4) is 0 Å². The van der Waals surface area contributed by atoms with E-state index in [-0.39, 0.29) is 5.91 Å². The summed E-state index contributed by atoms with van der Waals surface area (Å²) >= 11 is 0. The van der Waals surface area contributed by atoms with Gasteiger partial charge in [0.1, 0.15) is 0 Å². The highest BCUT2D eigenvalue weighted by atomic mass is 16.2. The van der Waals surface area contributed by atoms with Crippen LogP contribution in [0.2, 0.25) is 0 Å². The van der Waals surface area contributed by atoms with E-state index in [1.807, 2.05) is 29.2 Å².